The van der Waals surface area contributed by atoms with Crippen LogP contribution in [0.2, 0.25) is 0 Å². The van der Waals surface area contributed by atoms with Crippen molar-refractivity contribution in [2.24, 2.45) is 16.6 Å². The average Bonchev–Trinajstić information content (AvgIpc) is 3.34. The van der Waals surface area contributed by atoms with E-state index in [-0.39, 0.29) is 18.4 Å². The van der Waals surface area contributed by atoms with Gasteiger partial charge in [0.05, 0.1) is 28.7 Å². The van der Waals surface area contributed by atoms with Gasteiger partial charge < -0.3 is 16.0 Å². The van der Waals surface area contributed by atoms with E-state index in [1.165, 1.54) is 16.9 Å². The first-order chi connectivity index (χ1) is 15.3. The molecule has 3 N–H and O–H groups in total. The van der Waals surface area contributed by atoms with Crippen molar-refractivity contribution in [1.82, 2.24) is 10.3 Å². The van der Waals surface area contributed by atoms with Gasteiger partial charge in [-0.1, -0.05) is 0 Å². The second-order valence-electron chi connectivity index (χ2n) is 7.94. The van der Waals surface area contributed by atoms with E-state index in [2.05, 4.69) is 21.4 Å². The Kier molecular flexibility index (Phi) is 5.32. The number of nitrogens with zero attached hydrogens (tertiary/aromatic N) is 3. The molecule has 11 heteroatoms. The van der Waals surface area contributed by atoms with E-state index in [0.717, 1.165) is 31.3 Å². The Morgan fingerprint density at radius 3 is 2.97 bits per heavy atom. The number of nitrogens with two attached hydrogens (primary N) is 1. The van der Waals surface area contributed by atoms with Gasteiger partial charge in [-0.05, 0) is 43.0 Å². The highest BCUT2D eigenvalue weighted by Gasteiger charge is 2.33. The van der Waals surface area contributed by atoms with Gasteiger partial charge in [0.1, 0.15) is 5.00 Å². The molecule has 6 nitrogen and oxygen atoms in total. The molecule has 0 spiro atoms. The van der Waals surface area contributed by atoms with Crippen LogP contribution >= 0.6 is 22.7 Å². The van der Waals surface area contributed by atoms with Crippen molar-refractivity contribution in [2.45, 2.75) is 38.4 Å². The Bertz CT molecular complexity index is 1220. The lowest BCUT2D eigenvalue weighted by Crippen LogP contribution is -2.39. The van der Waals surface area contributed by atoms with Gasteiger partial charge in [0.25, 0.3) is 0 Å². The molecule has 1 aliphatic heterocycles. The lowest BCUT2D eigenvalue weighted by Gasteiger charge is -2.28. The molecular formula is C21H20F3N5OS2. The summed E-state index contributed by atoms with van der Waals surface area (Å²) in [5.74, 6) is -0.211. The quantitative estimate of drug-likeness (QED) is 0.577. The number of benzene rings is 1. The minimum atomic E-state index is -4.27. The summed E-state index contributed by atoms with van der Waals surface area (Å²) < 4.78 is 38.1. The number of aliphatic imine (C=N–C) groups is 1. The molecule has 1 unspecified atom stereocenters. The number of amides is 1. The van der Waals surface area contributed by atoms with Crippen LogP contribution in [0.25, 0.3) is 10.2 Å². The summed E-state index contributed by atoms with van der Waals surface area (Å²) in [5, 5.41) is 3.30. The van der Waals surface area contributed by atoms with Gasteiger partial charge in [-0.25, -0.2) is 9.98 Å². The molecule has 1 amide bonds. The number of halogens is 3. The number of carbonyl (C=O) groups is 1. The Hall–Kier alpha value is -2.66. The summed E-state index contributed by atoms with van der Waals surface area (Å²) in [6, 6.07) is 6.01. The van der Waals surface area contributed by atoms with Gasteiger partial charge >= 0.3 is 6.18 Å². The molecule has 1 aromatic carbocycles. The van der Waals surface area contributed by atoms with E-state index in [4.69, 9.17) is 5.73 Å². The maximum Gasteiger partial charge on any atom is 0.390 e. The number of carbonyl (C=O) groups excluding carboxylic acids is 1. The summed E-state index contributed by atoms with van der Waals surface area (Å²) in [6.07, 6.45) is -3.45. The van der Waals surface area contributed by atoms with Crippen LogP contribution in [0.3, 0.4) is 0 Å². The molecule has 2 aromatic heterocycles. The predicted octanol–water partition coefficient (Wildman–Crippen LogP) is 4.50. The van der Waals surface area contributed by atoms with Gasteiger partial charge in [0.2, 0.25) is 11.9 Å². The second kappa shape index (κ2) is 8.04. The highest BCUT2D eigenvalue weighted by Crippen LogP contribution is 2.44. The lowest BCUT2D eigenvalue weighted by atomic mass is 9.86. The van der Waals surface area contributed by atoms with Crippen LogP contribution in [-0.2, 0) is 24.2 Å². The molecule has 0 bridgehead atoms. The molecule has 0 saturated heterocycles. The van der Waals surface area contributed by atoms with Crippen LogP contribution in [0, 0.1) is 5.92 Å². The first kappa shape index (κ1) is 21.2. The number of hydrogen-bond acceptors (Lipinski definition) is 7. The standard InChI is InChI=1S/C21H20F3N5OS2/c22-21(23,24)5-6-26-18(30)11-1-3-13-14-9-29(20(25)28-19(14)32-16(13)7-11)12-2-4-15-17(8-12)31-10-27-15/h2,4,8,10-11H,1,3,5-7,9H2,(H2,25,28)(H,26,30). The number of guanidine groups is 1. The summed E-state index contributed by atoms with van der Waals surface area (Å²) >= 11 is 3.10. The zero-order valence-electron chi connectivity index (χ0n) is 16.9. The van der Waals surface area contributed by atoms with Crippen LogP contribution in [-0.4, -0.2) is 29.6 Å². The van der Waals surface area contributed by atoms with E-state index >= 15 is 0 Å². The first-order valence-electron chi connectivity index (χ1n) is 10.2. The molecule has 0 fully saturated rings. The number of nitrogens with one attached hydrogen (secondary N) is 1. The molecule has 5 rings (SSSR count). The monoisotopic (exact) mass is 479 g/mol. The fourth-order valence-corrected chi connectivity index (χ4v) is 6.25. The summed E-state index contributed by atoms with van der Waals surface area (Å²) in [4.78, 5) is 24.4. The van der Waals surface area contributed by atoms with E-state index in [9.17, 15) is 18.0 Å². The molecule has 1 aliphatic carbocycles. The fourth-order valence-electron chi connectivity index (χ4n) is 4.22. The zero-order valence-corrected chi connectivity index (χ0v) is 18.5. The molecule has 0 saturated carbocycles. The van der Waals surface area contributed by atoms with Crippen molar-refractivity contribution in [3.8, 4) is 0 Å². The molecule has 168 valence electrons. The maximum absolute atomic E-state index is 12.4. The molecule has 1 atom stereocenters. The number of rotatable bonds is 4. The Labute approximate surface area is 190 Å². The van der Waals surface area contributed by atoms with Crippen molar-refractivity contribution in [2.75, 3.05) is 11.4 Å². The molecule has 0 radical (unpaired) electrons. The highest BCUT2D eigenvalue weighted by molar-refractivity contribution is 7.17. The van der Waals surface area contributed by atoms with Gasteiger partial charge in [-0.15, -0.1) is 22.7 Å². The number of aromatic nitrogens is 1. The van der Waals surface area contributed by atoms with Crippen molar-refractivity contribution in [3.05, 3.63) is 39.7 Å². The van der Waals surface area contributed by atoms with Crippen molar-refractivity contribution in [1.29, 1.82) is 0 Å². The number of thiazole rings is 1. The van der Waals surface area contributed by atoms with E-state index in [1.54, 1.807) is 11.3 Å². The van der Waals surface area contributed by atoms with Gasteiger partial charge in [-0.3, -0.25) is 4.79 Å². The minimum absolute atomic E-state index is 0.311. The third-order valence-corrected chi connectivity index (χ3v) is 7.85. The van der Waals surface area contributed by atoms with Crippen LogP contribution in [0.4, 0.5) is 23.9 Å². The first-order valence-corrected chi connectivity index (χ1v) is 11.9. The Morgan fingerprint density at radius 2 is 2.16 bits per heavy atom. The topological polar surface area (TPSA) is 83.6 Å². The normalized spacial score (nSPS) is 18.3. The number of fused-ring (bicyclic) bond motifs is 4. The second-order valence-corrected chi connectivity index (χ2v) is 9.91. The molecule has 3 heterocycles. The van der Waals surface area contributed by atoms with Gasteiger partial charge in [0.15, 0.2) is 0 Å². The third-order valence-electron chi connectivity index (χ3n) is 5.87. The predicted molar refractivity (Wildman–Crippen MR) is 121 cm³/mol. The fraction of sp³-hybridized carbons (Fsp3) is 0.381. The number of alkyl halides is 3. The largest absolute Gasteiger partial charge is 0.390 e. The van der Waals surface area contributed by atoms with E-state index in [1.807, 2.05) is 22.5 Å². The van der Waals surface area contributed by atoms with Crippen molar-refractivity contribution >= 4 is 55.4 Å². The number of thiophene rings is 1. The Morgan fingerprint density at radius 1 is 1.31 bits per heavy atom. The molecule has 3 aromatic rings. The van der Waals surface area contributed by atoms with Crippen LogP contribution < -0.4 is 16.0 Å². The smallest absolute Gasteiger partial charge is 0.369 e. The Balaban J connectivity index is 1.32. The number of hydrogen-bond donors (Lipinski definition) is 2. The lowest BCUT2D eigenvalue weighted by molar-refractivity contribution is -0.136. The van der Waals surface area contributed by atoms with Crippen molar-refractivity contribution < 1.29 is 18.0 Å². The highest BCUT2D eigenvalue weighted by atomic mass is 32.1. The summed E-state index contributed by atoms with van der Waals surface area (Å²) in [7, 11) is 0. The summed E-state index contributed by atoms with van der Waals surface area (Å²) in [5.41, 5.74) is 12.3. The zero-order chi connectivity index (χ0) is 22.5. The third kappa shape index (κ3) is 4.06. The molecule has 2 aliphatic rings. The van der Waals surface area contributed by atoms with Crippen LogP contribution in [0.5, 0.6) is 0 Å². The van der Waals surface area contributed by atoms with Crippen LogP contribution in [0.15, 0.2) is 28.7 Å². The minimum Gasteiger partial charge on any atom is -0.369 e. The van der Waals surface area contributed by atoms with Gasteiger partial charge in [0, 0.05) is 28.6 Å². The SMILES string of the molecule is NC1=Nc2sc3c(c2CN1c1ccc2ncsc2c1)CCC(C(=O)NCCC(F)(F)F)C3. The van der Waals surface area contributed by atoms with Crippen LogP contribution in [0.1, 0.15) is 28.8 Å². The number of anilines is 1. The maximum atomic E-state index is 12.4. The van der Waals surface area contributed by atoms with Gasteiger partial charge in [-0.2, -0.15) is 13.2 Å². The summed E-state index contributed by atoms with van der Waals surface area (Å²) in [6.45, 7) is 0.218. The van der Waals surface area contributed by atoms with Crippen molar-refractivity contribution in [3.63, 3.8) is 0 Å². The van der Waals surface area contributed by atoms with E-state index in [0.29, 0.717) is 31.8 Å². The average molecular weight is 480 g/mol. The molecule has 32 heavy (non-hydrogen) atoms. The molecular weight excluding hydrogens is 459 g/mol. The van der Waals surface area contributed by atoms with E-state index < -0.39 is 12.6 Å².